The molecule has 0 aliphatic rings. The summed E-state index contributed by atoms with van der Waals surface area (Å²) in [5.41, 5.74) is 1.12. The fraction of sp³-hybridized carbons (Fsp3) is 0.200. The molecule has 0 fully saturated rings. The number of carbonyl (C=O) groups is 1. The Morgan fingerprint density at radius 3 is 2.39 bits per heavy atom. The Labute approximate surface area is 165 Å². The highest BCUT2D eigenvalue weighted by Gasteiger charge is 2.17. The molecule has 0 aliphatic carbocycles. The first-order valence-electron chi connectivity index (χ1n) is 8.18. The molecule has 8 heteroatoms. The van der Waals surface area contributed by atoms with Crippen LogP contribution in [0.15, 0.2) is 36.4 Å². The number of nitrogens with zero attached hydrogens (tertiary/aromatic N) is 1. The van der Waals surface area contributed by atoms with Gasteiger partial charge in [0.25, 0.3) is 0 Å². The van der Waals surface area contributed by atoms with Crippen molar-refractivity contribution in [2.75, 3.05) is 21.3 Å². The van der Waals surface area contributed by atoms with Crippen LogP contribution in [0.2, 0.25) is 5.02 Å². The van der Waals surface area contributed by atoms with Crippen LogP contribution in [-0.4, -0.2) is 32.3 Å². The number of rotatable bonds is 6. The van der Waals surface area contributed by atoms with Gasteiger partial charge >= 0.3 is 5.97 Å². The molecule has 0 atom stereocenters. The average molecular weight is 406 g/mol. The van der Waals surface area contributed by atoms with Crippen LogP contribution in [0.5, 0.6) is 17.2 Å². The van der Waals surface area contributed by atoms with Crippen molar-refractivity contribution in [1.82, 2.24) is 4.98 Å². The molecule has 28 heavy (non-hydrogen) atoms. The Balaban J connectivity index is 2.08. The zero-order valence-corrected chi connectivity index (χ0v) is 16.2. The predicted molar refractivity (Wildman–Crippen MR) is 102 cm³/mol. The Hall–Kier alpha value is -3.06. The van der Waals surface area contributed by atoms with E-state index in [9.17, 15) is 9.18 Å². The van der Waals surface area contributed by atoms with Crippen molar-refractivity contribution in [3.05, 3.63) is 58.5 Å². The van der Waals surface area contributed by atoms with Gasteiger partial charge in [0.15, 0.2) is 17.2 Å². The van der Waals surface area contributed by atoms with E-state index in [1.165, 1.54) is 45.6 Å². The van der Waals surface area contributed by atoms with Gasteiger partial charge in [-0.2, -0.15) is 0 Å². The van der Waals surface area contributed by atoms with E-state index >= 15 is 0 Å². The molecule has 1 aromatic heterocycles. The summed E-state index contributed by atoms with van der Waals surface area (Å²) >= 11 is 6.06. The van der Waals surface area contributed by atoms with Gasteiger partial charge < -0.3 is 18.9 Å². The maximum Gasteiger partial charge on any atom is 0.356 e. The molecule has 0 amide bonds. The van der Waals surface area contributed by atoms with Gasteiger partial charge in [-0.05, 0) is 18.2 Å². The van der Waals surface area contributed by atoms with Gasteiger partial charge in [0, 0.05) is 23.1 Å². The lowest BCUT2D eigenvalue weighted by molar-refractivity contribution is 0.0594. The molecular weight excluding hydrogens is 389 g/mol. The molecule has 146 valence electrons. The van der Waals surface area contributed by atoms with Crippen LogP contribution in [-0.2, 0) is 11.3 Å². The van der Waals surface area contributed by atoms with E-state index in [1.54, 1.807) is 12.1 Å². The smallest absolute Gasteiger partial charge is 0.356 e. The van der Waals surface area contributed by atoms with Gasteiger partial charge in [0.1, 0.15) is 18.2 Å². The Morgan fingerprint density at radius 2 is 1.75 bits per heavy atom. The summed E-state index contributed by atoms with van der Waals surface area (Å²) in [4.78, 5) is 16.3. The molecule has 2 aromatic carbocycles. The summed E-state index contributed by atoms with van der Waals surface area (Å²) in [7, 11) is 4.28. The second kappa shape index (κ2) is 8.31. The Kier molecular flexibility index (Phi) is 5.84. The molecule has 0 saturated carbocycles. The standard InChI is InChI=1S/C20H17ClFNO5/c1-25-18-7-13-15(8-19(18)26-2)23-16(20(24)27-3)9-17(13)28-10-11-4-5-12(22)6-14(11)21/h4-9H,10H2,1-3H3. The first-order chi connectivity index (χ1) is 13.5. The zero-order chi connectivity index (χ0) is 20.3. The third-order valence-corrected chi connectivity index (χ3v) is 4.42. The maximum atomic E-state index is 13.2. The fourth-order valence-corrected chi connectivity index (χ4v) is 2.87. The lowest BCUT2D eigenvalue weighted by atomic mass is 10.1. The topological polar surface area (TPSA) is 66.9 Å². The van der Waals surface area contributed by atoms with E-state index in [1.807, 2.05) is 0 Å². The molecule has 0 bridgehead atoms. The minimum absolute atomic E-state index is 0.0627. The number of aromatic nitrogens is 1. The molecule has 0 spiro atoms. The summed E-state index contributed by atoms with van der Waals surface area (Å²) in [6.07, 6.45) is 0. The Morgan fingerprint density at radius 1 is 1.04 bits per heavy atom. The van der Waals surface area contributed by atoms with Crippen molar-refractivity contribution in [1.29, 1.82) is 0 Å². The number of hydrogen-bond acceptors (Lipinski definition) is 6. The number of esters is 1. The van der Waals surface area contributed by atoms with Crippen LogP contribution < -0.4 is 14.2 Å². The van der Waals surface area contributed by atoms with Gasteiger partial charge in [0.05, 0.1) is 31.9 Å². The first kappa shape index (κ1) is 19.7. The molecule has 0 aliphatic heterocycles. The highest BCUT2D eigenvalue weighted by Crippen LogP contribution is 2.36. The lowest BCUT2D eigenvalue weighted by Crippen LogP contribution is -2.06. The monoisotopic (exact) mass is 405 g/mol. The van der Waals surface area contributed by atoms with Crippen molar-refractivity contribution in [2.45, 2.75) is 6.61 Å². The molecule has 3 rings (SSSR count). The summed E-state index contributed by atoms with van der Waals surface area (Å²) in [6.45, 7) is 0.0627. The van der Waals surface area contributed by atoms with Crippen molar-refractivity contribution in [2.24, 2.45) is 0 Å². The van der Waals surface area contributed by atoms with Crippen LogP contribution in [0.3, 0.4) is 0 Å². The van der Waals surface area contributed by atoms with Crippen LogP contribution in [0.4, 0.5) is 4.39 Å². The maximum absolute atomic E-state index is 13.2. The summed E-state index contributed by atoms with van der Waals surface area (Å²) in [6, 6.07) is 8.84. The zero-order valence-electron chi connectivity index (χ0n) is 15.4. The molecular formula is C20H17ClFNO5. The summed E-state index contributed by atoms with van der Waals surface area (Å²) < 4.78 is 34.5. The number of pyridine rings is 1. The minimum Gasteiger partial charge on any atom is -0.493 e. The normalized spacial score (nSPS) is 10.6. The predicted octanol–water partition coefficient (Wildman–Crippen LogP) is 4.41. The van der Waals surface area contributed by atoms with Crippen LogP contribution >= 0.6 is 11.6 Å². The third-order valence-electron chi connectivity index (χ3n) is 4.07. The SMILES string of the molecule is COC(=O)c1cc(OCc2ccc(F)cc2Cl)c2cc(OC)c(OC)cc2n1. The van der Waals surface area contributed by atoms with Crippen molar-refractivity contribution >= 4 is 28.5 Å². The van der Waals surface area contributed by atoms with Crippen LogP contribution in [0.1, 0.15) is 16.1 Å². The van der Waals surface area contributed by atoms with Crippen LogP contribution in [0, 0.1) is 5.82 Å². The molecule has 0 unspecified atom stereocenters. The van der Waals surface area contributed by atoms with Gasteiger partial charge in [0.2, 0.25) is 0 Å². The van der Waals surface area contributed by atoms with Crippen molar-refractivity contribution in [3.63, 3.8) is 0 Å². The number of hydrogen-bond donors (Lipinski definition) is 0. The lowest BCUT2D eigenvalue weighted by Gasteiger charge is -2.14. The number of halogens is 2. The summed E-state index contributed by atoms with van der Waals surface area (Å²) in [5.74, 6) is 0.255. The molecule has 3 aromatic rings. The quantitative estimate of drug-likeness (QED) is 0.566. The van der Waals surface area contributed by atoms with Gasteiger partial charge in [-0.15, -0.1) is 0 Å². The number of ether oxygens (including phenoxy) is 4. The number of benzene rings is 2. The van der Waals surface area contributed by atoms with Crippen molar-refractivity contribution in [3.8, 4) is 17.2 Å². The van der Waals surface area contributed by atoms with E-state index in [0.29, 0.717) is 33.7 Å². The van der Waals surface area contributed by atoms with E-state index < -0.39 is 11.8 Å². The fourth-order valence-electron chi connectivity index (χ4n) is 2.64. The van der Waals surface area contributed by atoms with Gasteiger partial charge in [-0.3, -0.25) is 0 Å². The van der Waals surface area contributed by atoms with Crippen LogP contribution in [0.25, 0.3) is 10.9 Å². The second-order valence-corrected chi connectivity index (χ2v) is 6.15. The van der Waals surface area contributed by atoms with E-state index in [0.717, 1.165) is 0 Å². The minimum atomic E-state index is -0.610. The molecule has 0 saturated heterocycles. The number of carbonyl (C=O) groups excluding carboxylic acids is 1. The molecule has 0 radical (unpaired) electrons. The third kappa shape index (κ3) is 3.94. The molecule has 1 heterocycles. The summed E-state index contributed by atoms with van der Waals surface area (Å²) in [5, 5.41) is 0.842. The highest BCUT2D eigenvalue weighted by atomic mass is 35.5. The number of fused-ring (bicyclic) bond motifs is 1. The molecule has 6 nitrogen and oxygen atoms in total. The van der Waals surface area contributed by atoms with Gasteiger partial charge in [-0.1, -0.05) is 17.7 Å². The highest BCUT2D eigenvalue weighted by molar-refractivity contribution is 6.31. The second-order valence-electron chi connectivity index (χ2n) is 5.75. The Bertz CT molecular complexity index is 1040. The number of methoxy groups -OCH3 is 3. The first-order valence-corrected chi connectivity index (χ1v) is 8.56. The van der Waals surface area contributed by atoms with Gasteiger partial charge in [-0.25, -0.2) is 14.2 Å². The average Bonchev–Trinajstić information content (AvgIpc) is 2.70. The van der Waals surface area contributed by atoms with Crippen molar-refractivity contribution < 1.29 is 28.1 Å². The van der Waals surface area contributed by atoms with E-state index in [4.69, 9.17) is 30.5 Å². The molecule has 0 N–H and O–H groups in total. The largest absolute Gasteiger partial charge is 0.493 e. The van der Waals surface area contributed by atoms with E-state index in [2.05, 4.69) is 4.98 Å². The van der Waals surface area contributed by atoms with E-state index in [-0.39, 0.29) is 17.3 Å².